The molecule has 1 aromatic rings. The number of likely N-dealkylation sites (tertiary alicyclic amines) is 1. The van der Waals surface area contributed by atoms with E-state index in [-0.39, 0.29) is 12.0 Å². The molecule has 1 unspecified atom stereocenters. The summed E-state index contributed by atoms with van der Waals surface area (Å²) in [4.78, 5) is 2.01. The number of rotatable bonds is 2. The first-order chi connectivity index (χ1) is 7.98. The zero-order chi connectivity index (χ0) is 12.5. The van der Waals surface area contributed by atoms with Gasteiger partial charge in [-0.25, -0.2) is 8.78 Å². The average molecular weight is 241 g/mol. The third-order valence-corrected chi connectivity index (χ3v) is 3.27. The van der Waals surface area contributed by atoms with Crippen molar-refractivity contribution >= 4 is 0 Å². The molecule has 1 fully saturated rings. The fourth-order valence-electron chi connectivity index (χ4n) is 2.52. The van der Waals surface area contributed by atoms with Crippen molar-refractivity contribution in [2.45, 2.75) is 24.9 Å². The molecular weight excluding hydrogens is 224 g/mol. The molecule has 94 valence electrons. The summed E-state index contributed by atoms with van der Waals surface area (Å²) >= 11 is 0. The zero-order valence-corrected chi connectivity index (χ0v) is 9.92. The highest BCUT2D eigenvalue weighted by Gasteiger charge is 2.32. The van der Waals surface area contributed by atoms with Crippen LogP contribution < -0.4 is 0 Å². The molecule has 1 aromatic carbocycles. The third-order valence-electron chi connectivity index (χ3n) is 3.27. The summed E-state index contributed by atoms with van der Waals surface area (Å²) in [5, 5.41) is 10.4. The number of benzene rings is 1. The first-order valence-electron chi connectivity index (χ1n) is 5.83. The standard InChI is InChI=1S/C13H17F2NO/c1-16-6-2-5-13(17,9-16)8-10-7-11(14)3-4-12(10)15/h3-4,7,17H,2,5-6,8-9H2,1H3. The SMILES string of the molecule is CN1CCCC(O)(Cc2cc(F)ccc2F)C1. The van der Waals surface area contributed by atoms with E-state index < -0.39 is 17.2 Å². The molecule has 0 radical (unpaired) electrons. The molecule has 1 aliphatic heterocycles. The minimum Gasteiger partial charge on any atom is -0.388 e. The third kappa shape index (κ3) is 3.01. The van der Waals surface area contributed by atoms with Crippen LogP contribution in [-0.2, 0) is 6.42 Å². The van der Waals surface area contributed by atoms with Gasteiger partial charge in [0.2, 0.25) is 0 Å². The average Bonchev–Trinajstić information content (AvgIpc) is 2.22. The first-order valence-corrected chi connectivity index (χ1v) is 5.83. The second kappa shape index (κ2) is 4.70. The molecule has 4 heteroatoms. The van der Waals surface area contributed by atoms with Gasteiger partial charge in [0.05, 0.1) is 5.60 Å². The van der Waals surface area contributed by atoms with Gasteiger partial charge in [0.25, 0.3) is 0 Å². The van der Waals surface area contributed by atoms with Crippen molar-refractivity contribution in [2.75, 3.05) is 20.1 Å². The molecule has 0 saturated carbocycles. The number of β-amino-alcohol motifs (C(OH)–C–C–N with tert-alkyl or cyclic N) is 1. The van der Waals surface area contributed by atoms with Crippen molar-refractivity contribution in [1.29, 1.82) is 0 Å². The molecular formula is C13H17F2NO. The van der Waals surface area contributed by atoms with E-state index in [2.05, 4.69) is 0 Å². The lowest BCUT2D eigenvalue weighted by Gasteiger charge is -2.37. The van der Waals surface area contributed by atoms with Crippen molar-refractivity contribution in [3.8, 4) is 0 Å². The van der Waals surface area contributed by atoms with E-state index in [0.717, 1.165) is 25.1 Å². The molecule has 0 spiro atoms. The Morgan fingerprint density at radius 3 is 2.88 bits per heavy atom. The van der Waals surface area contributed by atoms with E-state index in [9.17, 15) is 13.9 Å². The van der Waals surface area contributed by atoms with Crippen molar-refractivity contribution in [2.24, 2.45) is 0 Å². The van der Waals surface area contributed by atoms with Crippen LogP contribution >= 0.6 is 0 Å². The number of likely N-dealkylation sites (N-methyl/N-ethyl adjacent to an activating group) is 1. The van der Waals surface area contributed by atoms with Gasteiger partial charge in [-0.2, -0.15) is 0 Å². The van der Waals surface area contributed by atoms with Gasteiger partial charge < -0.3 is 10.0 Å². The summed E-state index contributed by atoms with van der Waals surface area (Å²) in [7, 11) is 1.92. The first kappa shape index (κ1) is 12.5. The maximum absolute atomic E-state index is 13.5. The van der Waals surface area contributed by atoms with Gasteiger partial charge >= 0.3 is 0 Å². The van der Waals surface area contributed by atoms with Crippen LogP contribution in [0.15, 0.2) is 18.2 Å². The van der Waals surface area contributed by atoms with E-state index >= 15 is 0 Å². The van der Waals surface area contributed by atoms with Crippen LogP contribution in [0.2, 0.25) is 0 Å². The van der Waals surface area contributed by atoms with Crippen LogP contribution in [0.25, 0.3) is 0 Å². The molecule has 1 aliphatic rings. The quantitative estimate of drug-likeness (QED) is 0.855. The van der Waals surface area contributed by atoms with Crippen LogP contribution in [0.1, 0.15) is 18.4 Å². The van der Waals surface area contributed by atoms with Crippen LogP contribution in [0.3, 0.4) is 0 Å². The molecule has 0 bridgehead atoms. The Morgan fingerprint density at radius 1 is 1.41 bits per heavy atom. The van der Waals surface area contributed by atoms with Gasteiger partial charge in [-0.05, 0) is 50.2 Å². The fourth-order valence-corrected chi connectivity index (χ4v) is 2.52. The van der Waals surface area contributed by atoms with Crippen LogP contribution in [0, 0.1) is 11.6 Å². The number of aliphatic hydroxyl groups is 1. The number of hydrogen-bond donors (Lipinski definition) is 1. The highest BCUT2D eigenvalue weighted by molar-refractivity contribution is 5.21. The molecule has 1 N–H and O–H groups in total. The van der Waals surface area contributed by atoms with E-state index in [1.807, 2.05) is 11.9 Å². The topological polar surface area (TPSA) is 23.5 Å². The molecule has 1 saturated heterocycles. The number of halogens is 2. The lowest BCUT2D eigenvalue weighted by atomic mass is 9.86. The molecule has 0 aliphatic carbocycles. The Balaban J connectivity index is 2.16. The predicted octanol–water partition coefficient (Wildman–Crippen LogP) is 1.96. The summed E-state index contributed by atoms with van der Waals surface area (Å²) in [5.41, 5.74) is -0.690. The van der Waals surface area contributed by atoms with E-state index in [4.69, 9.17) is 0 Å². The van der Waals surface area contributed by atoms with Gasteiger partial charge in [0.1, 0.15) is 11.6 Å². The number of nitrogens with zero attached hydrogens (tertiary/aromatic N) is 1. The number of hydrogen-bond acceptors (Lipinski definition) is 2. The van der Waals surface area contributed by atoms with Crippen molar-refractivity contribution in [3.05, 3.63) is 35.4 Å². The minimum atomic E-state index is -0.943. The van der Waals surface area contributed by atoms with E-state index in [1.165, 1.54) is 6.07 Å². The molecule has 2 rings (SSSR count). The molecule has 17 heavy (non-hydrogen) atoms. The second-order valence-corrected chi connectivity index (χ2v) is 4.98. The summed E-state index contributed by atoms with van der Waals surface area (Å²) in [5.74, 6) is -0.915. The predicted molar refractivity (Wildman–Crippen MR) is 61.7 cm³/mol. The lowest BCUT2D eigenvalue weighted by molar-refractivity contribution is -0.0229. The lowest BCUT2D eigenvalue weighted by Crippen LogP contribution is -2.48. The van der Waals surface area contributed by atoms with Gasteiger partial charge in [0.15, 0.2) is 0 Å². The monoisotopic (exact) mass is 241 g/mol. The summed E-state index contributed by atoms with van der Waals surface area (Å²) < 4.78 is 26.5. The van der Waals surface area contributed by atoms with Gasteiger partial charge in [-0.15, -0.1) is 0 Å². The maximum atomic E-state index is 13.5. The molecule has 1 heterocycles. The molecule has 2 nitrogen and oxygen atoms in total. The Bertz CT molecular complexity index is 410. The van der Waals surface area contributed by atoms with Gasteiger partial charge in [-0.1, -0.05) is 0 Å². The van der Waals surface area contributed by atoms with Crippen LogP contribution in [0.5, 0.6) is 0 Å². The zero-order valence-electron chi connectivity index (χ0n) is 9.92. The summed E-state index contributed by atoms with van der Waals surface area (Å²) in [6, 6.07) is 3.37. The molecule has 0 amide bonds. The summed E-state index contributed by atoms with van der Waals surface area (Å²) in [6.45, 7) is 1.44. The molecule has 0 aromatic heterocycles. The van der Waals surface area contributed by atoms with Crippen molar-refractivity contribution < 1.29 is 13.9 Å². The van der Waals surface area contributed by atoms with Crippen LogP contribution in [-0.4, -0.2) is 35.7 Å². The second-order valence-electron chi connectivity index (χ2n) is 4.98. The maximum Gasteiger partial charge on any atom is 0.126 e. The Morgan fingerprint density at radius 2 is 2.18 bits per heavy atom. The Kier molecular flexibility index (Phi) is 3.45. The van der Waals surface area contributed by atoms with Gasteiger partial charge in [-0.3, -0.25) is 0 Å². The summed E-state index contributed by atoms with van der Waals surface area (Å²) in [6.07, 6.45) is 1.68. The van der Waals surface area contributed by atoms with E-state index in [1.54, 1.807) is 0 Å². The number of piperidine rings is 1. The fraction of sp³-hybridized carbons (Fsp3) is 0.538. The molecule has 1 atom stereocenters. The van der Waals surface area contributed by atoms with Crippen molar-refractivity contribution in [3.63, 3.8) is 0 Å². The smallest absolute Gasteiger partial charge is 0.126 e. The minimum absolute atomic E-state index is 0.168. The Labute approximate surface area is 99.9 Å². The van der Waals surface area contributed by atoms with Gasteiger partial charge in [0, 0.05) is 13.0 Å². The van der Waals surface area contributed by atoms with Crippen LogP contribution in [0.4, 0.5) is 8.78 Å². The van der Waals surface area contributed by atoms with E-state index in [0.29, 0.717) is 13.0 Å². The van der Waals surface area contributed by atoms with Crippen molar-refractivity contribution in [1.82, 2.24) is 4.90 Å². The Hall–Kier alpha value is -1.00. The normalized spacial score (nSPS) is 26.1. The highest BCUT2D eigenvalue weighted by atomic mass is 19.1. The highest BCUT2D eigenvalue weighted by Crippen LogP contribution is 2.26. The largest absolute Gasteiger partial charge is 0.388 e.